The fourth-order valence-electron chi connectivity index (χ4n) is 4.18. The van der Waals surface area contributed by atoms with Crippen LogP contribution in [0.15, 0.2) is 65.0 Å². The number of fused-ring (bicyclic) bond motifs is 4. The van der Waals surface area contributed by atoms with E-state index in [-0.39, 0.29) is 18.0 Å². The van der Waals surface area contributed by atoms with E-state index < -0.39 is 0 Å². The lowest BCUT2D eigenvalue weighted by Crippen LogP contribution is -2.39. The highest BCUT2D eigenvalue weighted by Crippen LogP contribution is 2.32. The first-order valence-electron chi connectivity index (χ1n) is 10.3. The monoisotopic (exact) mass is 458 g/mol. The first kappa shape index (κ1) is 19.3. The molecule has 1 amide bonds. The van der Waals surface area contributed by atoms with E-state index in [4.69, 9.17) is 4.98 Å². The second-order valence-electron chi connectivity index (χ2n) is 7.82. The quantitative estimate of drug-likeness (QED) is 0.404. The number of hydrogen-bond donors (Lipinski definition) is 0. The second kappa shape index (κ2) is 7.65. The number of hydrogen-bond acceptors (Lipinski definition) is 6. The molecule has 0 bridgehead atoms. The smallest absolute Gasteiger partial charge is 0.271 e. The van der Waals surface area contributed by atoms with Crippen molar-refractivity contribution < 1.29 is 4.79 Å². The molecule has 32 heavy (non-hydrogen) atoms. The molecule has 5 aromatic rings. The summed E-state index contributed by atoms with van der Waals surface area (Å²) in [5, 5.41) is 2.89. The Bertz CT molecular complexity index is 1540. The minimum Gasteiger partial charge on any atom is -0.336 e. The number of pyridine rings is 1. The molecule has 8 heteroatoms. The maximum Gasteiger partial charge on any atom is 0.271 e. The summed E-state index contributed by atoms with van der Waals surface area (Å²) in [5.41, 5.74) is 3.80. The molecule has 5 heterocycles. The first-order valence-corrected chi connectivity index (χ1v) is 12.0. The molecule has 158 valence electrons. The molecule has 0 saturated carbocycles. The van der Waals surface area contributed by atoms with Crippen molar-refractivity contribution in [2.24, 2.45) is 0 Å². The van der Waals surface area contributed by atoms with Crippen LogP contribution >= 0.6 is 22.7 Å². The van der Waals surface area contributed by atoms with Gasteiger partial charge in [0.1, 0.15) is 16.1 Å². The van der Waals surface area contributed by atoms with Gasteiger partial charge in [-0.1, -0.05) is 30.3 Å². The van der Waals surface area contributed by atoms with Crippen molar-refractivity contribution in [3.05, 3.63) is 81.7 Å². The predicted octanol–water partition coefficient (Wildman–Crippen LogP) is 4.32. The zero-order valence-electron chi connectivity index (χ0n) is 17.0. The summed E-state index contributed by atoms with van der Waals surface area (Å²) < 4.78 is 1.95. The standard InChI is InChI=1S/C24H18N4O2S2/c29-20(27-10-9-15-4-1-2-5-16(15)12-27)13-28-14-25-21-17-7-8-18(19-6-3-11-31-19)26-23(17)32-22(21)24(28)30/h1-8,11,14H,9-10,12-13H2. The Hall–Kier alpha value is -3.36. The molecular formula is C24H18N4O2S2. The third kappa shape index (κ3) is 3.23. The summed E-state index contributed by atoms with van der Waals surface area (Å²) in [6.07, 6.45) is 2.32. The zero-order valence-corrected chi connectivity index (χ0v) is 18.7. The van der Waals surface area contributed by atoms with E-state index in [0.717, 1.165) is 27.2 Å². The van der Waals surface area contributed by atoms with Gasteiger partial charge in [0.25, 0.3) is 5.56 Å². The van der Waals surface area contributed by atoms with E-state index in [0.29, 0.717) is 23.3 Å². The van der Waals surface area contributed by atoms with Gasteiger partial charge in [-0.15, -0.1) is 22.7 Å². The third-order valence-corrected chi connectivity index (χ3v) is 7.84. The number of amides is 1. The van der Waals surface area contributed by atoms with E-state index in [2.05, 4.69) is 17.1 Å². The fourth-order valence-corrected chi connectivity index (χ4v) is 5.95. The lowest BCUT2D eigenvalue weighted by molar-refractivity contribution is -0.132. The number of rotatable bonds is 3. The zero-order chi connectivity index (χ0) is 21.7. The van der Waals surface area contributed by atoms with Gasteiger partial charge in [-0.3, -0.25) is 14.2 Å². The Balaban J connectivity index is 1.31. The van der Waals surface area contributed by atoms with E-state index in [1.54, 1.807) is 11.3 Å². The molecule has 6 rings (SSSR count). The molecule has 0 spiro atoms. The average Bonchev–Trinajstić information content (AvgIpc) is 3.48. The highest BCUT2D eigenvalue weighted by Gasteiger charge is 2.22. The SMILES string of the molecule is O=C(Cn1cnc2c(sc3nc(-c4cccs4)ccc32)c1=O)N1CCc2ccccc2C1. The second-order valence-corrected chi connectivity index (χ2v) is 9.76. The van der Waals surface area contributed by atoms with Gasteiger partial charge in [0, 0.05) is 18.5 Å². The summed E-state index contributed by atoms with van der Waals surface area (Å²) in [4.78, 5) is 39.1. The van der Waals surface area contributed by atoms with Gasteiger partial charge in [0.2, 0.25) is 5.91 Å². The van der Waals surface area contributed by atoms with Gasteiger partial charge in [-0.05, 0) is 41.1 Å². The fraction of sp³-hybridized carbons (Fsp3) is 0.167. The molecule has 0 fully saturated rings. The van der Waals surface area contributed by atoms with Gasteiger partial charge in [0.05, 0.1) is 22.4 Å². The molecule has 4 aromatic heterocycles. The Morgan fingerprint density at radius 1 is 1.06 bits per heavy atom. The van der Waals surface area contributed by atoms with Crippen molar-refractivity contribution in [1.29, 1.82) is 0 Å². The van der Waals surface area contributed by atoms with Crippen LogP contribution in [0.4, 0.5) is 0 Å². The van der Waals surface area contributed by atoms with Crippen LogP contribution in [0, 0.1) is 0 Å². The predicted molar refractivity (Wildman–Crippen MR) is 128 cm³/mol. The number of benzene rings is 1. The van der Waals surface area contributed by atoms with Crippen molar-refractivity contribution in [2.45, 2.75) is 19.5 Å². The molecule has 1 aromatic carbocycles. The molecule has 1 aliphatic rings. The number of aromatic nitrogens is 3. The summed E-state index contributed by atoms with van der Waals surface area (Å²) in [6, 6.07) is 16.2. The molecule has 0 N–H and O–H groups in total. The summed E-state index contributed by atoms with van der Waals surface area (Å²) in [5.74, 6) is -0.0676. The largest absolute Gasteiger partial charge is 0.336 e. The molecule has 0 unspecified atom stereocenters. The van der Waals surface area contributed by atoms with E-state index in [9.17, 15) is 9.59 Å². The van der Waals surface area contributed by atoms with Gasteiger partial charge >= 0.3 is 0 Å². The van der Waals surface area contributed by atoms with Crippen LogP contribution in [0.25, 0.3) is 31.0 Å². The van der Waals surface area contributed by atoms with Gasteiger partial charge in [-0.2, -0.15) is 0 Å². The Morgan fingerprint density at radius 2 is 1.94 bits per heavy atom. The van der Waals surface area contributed by atoms with Crippen molar-refractivity contribution >= 4 is 49.0 Å². The highest BCUT2D eigenvalue weighted by molar-refractivity contribution is 7.25. The maximum atomic E-state index is 13.2. The van der Waals surface area contributed by atoms with Crippen LogP contribution in [-0.4, -0.2) is 31.9 Å². The van der Waals surface area contributed by atoms with Crippen LogP contribution in [0.3, 0.4) is 0 Å². The lowest BCUT2D eigenvalue weighted by Gasteiger charge is -2.29. The molecule has 6 nitrogen and oxygen atoms in total. The topological polar surface area (TPSA) is 68.1 Å². The number of carbonyl (C=O) groups is 1. The minimum absolute atomic E-state index is 0.00788. The van der Waals surface area contributed by atoms with Crippen LogP contribution < -0.4 is 5.56 Å². The van der Waals surface area contributed by atoms with Crippen LogP contribution in [-0.2, 0) is 24.3 Å². The van der Waals surface area contributed by atoms with Crippen LogP contribution in [0.2, 0.25) is 0 Å². The molecule has 0 saturated heterocycles. The molecule has 0 aliphatic carbocycles. The molecule has 0 atom stereocenters. The highest BCUT2D eigenvalue weighted by atomic mass is 32.1. The summed E-state index contributed by atoms with van der Waals surface area (Å²) in [6.45, 7) is 1.24. The molecule has 0 radical (unpaired) electrons. The van der Waals surface area contributed by atoms with E-state index in [1.807, 2.05) is 46.7 Å². The van der Waals surface area contributed by atoms with Crippen LogP contribution in [0.1, 0.15) is 11.1 Å². The van der Waals surface area contributed by atoms with E-state index >= 15 is 0 Å². The summed E-state index contributed by atoms with van der Waals surface area (Å²) >= 11 is 2.97. The Morgan fingerprint density at radius 3 is 2.78 bits per heavy atom. The average molecular weight is 459 g/mol. The normalized spacial score (nSPS) is 13.6. The van der Waals surface area contributed by atoms with Gasteiger partial charge in [0.15, 0.2) is 0 Å². The van der Waals surface area contributed by atoms with Crippen molar-refractivity contribution in [2.75, 3.05) is 6.54 Å². The number of nitrogens with zero attached hydrogens (tertiary/aromatic N) is 4. The Labute approximate surface area is 191 Å². The first-order chi connectivity index (χ1) is 15.7. The minimum atomic E-state index is -0.193. The van der Waals surface area contributed by atoms with Crippen molar-refractivity contribution in [3.63, 3.8) is 0 Å². The van der Waals surface area contributed by atoms with Crippen molar-refractivity contribution in [3.8, 4) is 10.6 Å². The summed E-state index contributed by atoms with van der Waals surface area (Å²) in [7, 11) is 0. The van der Waals surface area contributed by atoms with E-state index in [1.165, 1.54) is 33.4 Å². The van der Waals surface area contributed by atoms with Gasteiger partial charge < -0.3 is 4.90 Å². The lowest BCUT2D eigenvalue weighted by atomic mass is 10.00. The van der Waals surface area contributed by atoms with Crippen LogP contribution in [0.5, 0.6) is 0 Å². The third-order valence-electron chi connectivity index (χ3n) is 5.87. The van der Waals surface area contributed by atoms with Gasteiger partial charge in [-0.25, -0.2) is 9.97 Å². The van der Waals surface area contributed by atoms with Crippen molar-refractivity contribution in [1.82, 2.24) is 19.4 Å². The Kier molecular flexibility index (Phi) is 4.62. The maximum absolute atomic E-state index is 13.2. The number of thiophene rings is 2. The molecule has 1 aliphatic heterocycles. The number of carbonyl (C=O) groups excluding carboxylic acids is 1. The molecular weight excluding hydrogens is 440 g/mol.